The van der Waals surface area contributed by atoms with Crippen LogP contribution in [-0.4, -0.2) is 27.3 Å². The fraction of sp³-hybridized carbons (Fsp3) is 0.111. The molecule has 3 amide bonds. The van der Waals surface area contributed by atoms with Gasteiger partial charge in [-0.3, -0.25) is 10.1 Å². The van der Waals surface area contributed by atoms with Crippen molar-refractivity contribution < 1.29 is 24.9 Å². The summed E-state index contributed by atoms with van der Waals surface area (Å²) < 4.78 is 0. The molecule has 1 aromatic carbocycles. The minimum atomic E-state index is -1.07. The van der Waals surface area contributed by atoms with Gasteiger partial charge in [-0.25, -0.2) is 4.79 Å². The summed E-state index contributed by atoms with van der Waals surface area (Å²) in [5.74, 6) is -2.51. The minimum Gasteiger partial charge on any atom is -0.504 e. The zero-order valence-electron chi connectivity index (χ0n) is 7.89. The lowest BCUT2D eigenvalue weighted by atomic mass is 10.1. The summed E-state index contributed by atoms with van der Waals surface area (Å²) in [4.78, 5) is 22.1. The Balaban J connectivity index is 2.45. The first kappa shape index (κ1) is 10.1. The zero-order chi connectivity index (χ0) is 11.9. The lowest BCUT2D eigenvalue weighted by molar-refractivity contribution is -0.120. The summed E-state index contributed by atoms with van der Waals surface area (Å²) in [5, 5.41) is 32.1. The van der Waals surface area contributed by atoms with Crippen LogP contribution in [0.5, 0.6) is 17.2 Å². The molecule has 1 aliphatic heterocycles. The average molecular weight is 224 g/mol. The average Bonchev–Trinajstić information content (AvgIpc) is 2.55. The van der Waals surface area contributed by atoms with Crippen LogP contribution in [0.4, 0.5) is 4.79 Å². The molecule has 0 bridgehead atoms. The Morgan fingerprint density at radius 2 is 1.75 bits per heavy atom. The van der Waals surface area contributed by atoms with Gasteiger partial charge in [-0.2, -0.15) is 0 Å². The van der Waals surface area contributed by atoms with E-state index in [1.807, 2.05) is 5.32 Å². The molecule has 1 aliphatic rings. The predicted molar refractivity (Wildman–Crippen MR) is 50.9 cm³/mol. The highest BCUT2D eigenvalue weighted by molar-refractivity contribution is 6.04. The molecule has 1 fully saturated rings. The van der Waals surface area contributed by atoms with Crippen LogP contribution in [0, 0.1) is 0 Å². The Morgan fingerprint density at radius 3 is 2.31 bits per heavy atom. The molecule has 1 unspecified atom stereocenters. The van der Waals surface area contributed by atoms with Crippen LogP contribution in [0.25, 0.3) is 0 Å². The second-order valence-corrected chi connectivity index (χ2v) is 3.27. The van der Waals surface area contributed by atoms with Crippen LogP contribution < -0.4 is 10.6 Å². The highest BCUT2D eigenvalue weighted by atomic mass is 16.3. The minimum absolute atomic E-state index is 0.0126. The first-order valence-corrected chi connectivity index (χ1v) is 4.36. The van der Waals surface area contributed by atoms with E-state index in [9.17, 15) is 19.8 Å². The van der Waals surface area contributed by atoms with Crippen molar-refractivity contribution in [3.8, 4) is 17.2 Å². The summed E-state index contributed by atoms with van der Waals surface area (Å²) in [6.07, 6.45) is 0. The van der Waals surface area contributed by atoms with Gasteiger partial charge in [0.25, 0.3) is 5.91 Å². The molecule has 1 heterocycles. The van der Waals surface area contributed by atoms with E-state index in [1.54, 1.807) is 0 Å². The maximum absolute atomic E-state index is 11.3. The Bertz CT molecular complexity index is 485. The van der Waals surface area contributed by atoms with E-state index < -0.39 is 35.2 Å². The van der Waals surface area contributed by atoms with Gasteiger partial charge < -0.3 is 20.6 Å². The van der Waals surface area contributed by atoms with Gasteiger partial charge in [0, 0.05) is 5.56 Å². The lowest BCUT2D eigenvalue weighted by Gasteiger charge is -2.11. The number of amides is 3. The normalized spacial score (nSPS) is 19.4. The Kier molecular flexibility index (Phi) is 2.08. The topological polar surface area (TPSA) is 119 Å². The second-order valence-electron chi connectivity index (χ2n) is 3.27. The zero-order valence-corrected chi connectivity index (χ0v) is 7.89. The van der Waals surface area contributed by atoms with Crippen molar-refractivity contribution in [1.82, 2.24) is 10.6 Å². The van der Waals surface area contributed by atoms with Crippen molar-refractivity contribution in [3.05, 3.63) is 17.7 Å². The Hall–Kier alpha value is -2.44. The van der Waals surface area contributed by atoms with Gasteiger partial charge in [0.05, 0.1) is 0 Å². The van der Waals surface area contributed by atoms with Crippen LogP contribution >= 0.6 is 0 Å². The molecule has 0 spiro atoms. The first-order valence-electron chi connectivity index (χ1n) is 4.36. The summed E-state index contributed by atoms with van der Waals surface area (Å²) >= 11 is 0. The molecule has 0 aliphatic carbocycles. The number of hydrogen-bond acceptors (Lipinski definition) is 5. The van der Waals surface area contributed by atoms with E-state index >= 15 is 0 Å². The number of hydrogen-bond donors (Lipinski definition) is 5. The van der Waals surface area contributed by atoms with Gasteiger partial charge in [-0.1, -0.05) is 0 Å². The third-order valence-corrected chi connectivity index (χ3v) is 2.25. The number of carbonyl (C=O) groups excluding carboxylic acids is 2. The van der Waals surface area contributed by atoms with Gasteiger partial charge in [0.15, 0.2) is 11.5 Å². The van der Waals surface area contributed by atoms with E-state index in [-0.39, 0.29) is 5.56 Å². The van der Waals surface area contributed by atoms with Gasteiger partial charge >= 0.3 is 6.03 Å². The van der Waals surface area contributed by atoms with Crippen molar-refractivity contribution in [2.45, 2.75) is 6.04 Å². The molecule has 1 atom stereocenters. The van der Waals surface area contributed by atoms with Crippen LogP contribution in [0.1, 0.15) is 11.6 Å². The Labute approximate surface area is 89.3 Å². The molecule has 1 aromatic rings. The molecule has 84 valence electrons. The number of nitrogens with one attached hydrogen (secondary N) is 2. The number of urea groups is 1. The fourth-order valence-corrected chi connectivity index (χ4v) is 1.45. The third-order valence-electron chi connectivity index (χ3n) is 2.25. The highest BCUT2D eigenvalue weighted by Gasteiger charge is 2.33. The molecule has 2 rings (SSSR count). The molecule has 1 saturated heterocycles. The quantitative estimate of drug-likeness (QED) is 0.331. The third kappa shape index (κ3) is 1.38. The summed E-state index contributed by atoms with van der Waals surface area (Å²) in [5.41, 5.74) is 0.0126. The molecule has 0 aromatic heterocycles. The Morgan fingerprint density at radius 1 is 1.06 bits per heavy atom. The van der Waals surface area contributed by atoms with Gasteiger partial charge in [0.2, 0.25) is 5.75 Å². The molecular formula is C9H8N2O5. The van der Waals surface area contributed by atoms with Crippen molar-refractivity contribution in [1.29, 1.82) is 0 Å². The lowest BCUT2D eigenvalue weighted by Crippen LogP contribution is -2.22. The molecule has 5 N–H and O–H groups in total. The van der Waals surface area contributed by atoms with Crippen LogP contribution in [0.15, 0.2) is 12.1 Å². The number of rotatable bonds is 1. The highest BCUT2D eigenvalue weighted by Crippen LogP contribution is 2.40. The monoisotopic (exact) mass is 224 g/mol. The van der Waals surface area contributed by atoms with E-state index in [2.05, 4.69) is 5.32 Å². The largest absolute Gasteiger partial charge is 0.504 e. The molecule has 0 saturated carbocycles. The van der Waals surface area contributed by atoms with Crippen molar-refractivity contribution >= 4 is 11.9 Å². The predicted octanol–water partition coefficient (Wildman–Crippen LogP) is -0.316. The summed E-state index contributed by atoms with van der Waals surface area (Å²) in [6.45, 7) is 0. The first-order chi connectivity index (χ1) is 7.50. The molecular weight excluding hydrogens is 216 g/mol. The standard InChI is InChI=1S/C9H8N2O5/c12-4-2-1-3(6(13)7(4)14)5-8(15)11-9(16)10-5/h1-2,5,12-14H,(H2,10,11,15,16). The number of phenols is 3. The smallest absolute Gasteiger partial charge is 0.322 e. The van der Waals surface area contributed by atoms with Crippen molar-refractivity contribution in [3.63, 3.8) is 0 Å². The van der Waals surface area contributed by atoms with Crippen LogP contribution in [-0.2, 0) is 4.79 Å². The summed E-state index contributed by atoms with van der Waals surface area (Å²) in [6, 6.07) is 0.600. The fourth-order valence-electron chi connectivity index (χ4n) is 1.45. The number of phenolic OH excluding ortho intramolecular Hbond substituents is 3. The van der Waals surface area contributed by atoms with Gasteiger partial charge in [0.1, 0.15) is 6.04 Å². The number of carbonyl (C=O) groups is 2. The molecule has 16 heavy (non-hydrogen) atoms. The van der Waals surface area contributed by atoms with Crippen LogP contribution in [0.2, 0.25) is 0 Å². The van der Waals surface area contributed by atoms with Crippen molar-refractivity contribution in [2.24, 2.45) is 0 Å². The molecule has 7 heteroatoms. The summed E-state index contributed by atoms with van der Waals surface area (Å²) in [7, 11) is 0. The molecule has 7 nitrogen and oxygen atoms in total. The van der Waals surface area contributed by atoms with E-state index in [1.165, 1.54) is 6.07 Å². The maximum Gasteiger partial charge on any atom is 0.322 e. The van der Waals surface area contributed by atoms with Crippen molar-refractivity contribution in [2.75, 3.05) is 0 Å². The number of imide groups is 1. The van der Waals surface area contributed by atoms with E-state index in [4.69, 9.17) is 5.11 Å². The number of benzene rings is 1. The van der Waals surface area contributed by atoms with Gasteiger partial charge in [-0.15, -0.1) is 0 Å². The SMILES string of the molecule is O=C1NC(=O)C(c2ccc(O)c(O)c2O)N1. The maximum atomic E-state index is 11.3. The molecule has 0 radical (unpaired) electrons. The van der Waals surface area contributed by atoms with E-state index in [0.29, 0.717) is 0 Å². The second kappa shape index (κ2) is 3.30. The van der Waals surface area contributed by atoms with Gasteiger partial charge in [-0.05, 0) is 12.1 Å². The van der Waals surface area contributed by atoms with Crippen LogP contribution in [0.3, 0.4) is 0 Å². The van der Waals surface area contributed by atoms with E-state index in [0.717, 1.165) is 6.07 Å². The number of aromatic hydroxyl groups is 3.